The molecule has 0 radical (unpaired) electrons. The summed E-state index contributed by atoms with van der Waals surface area (Å²) in [6.07, 6.45) is 2.33. The van der Waals surface area contributed by atoms with Gasteiger partial charge in [-0.05, 0) is 57.0 Å². The van der Waals surface area contributed by atoms with E-state index < -0.39 is 63.7 Å². The monoisotopic (exact) mass is 617 g/mol. The highest BCUT2D eigenvalue weighted by molar-refractivity contribution is 6.31. The van der Waals surface area contributed by atoms with Gasteiger partial charge in [0.2, 0.25) is 5.91 Å². The fraction of sp³-hybridized carbons (Fsp3) is 0.414. The topological polar surface area (TPSA) is 149 Å². The van der Waals surface area contributed by atoms with Gasteiger partial charge in [0.15, 0.2) is 5.82 Å². The number of nitrogens with zero attached hydrogens (tertiary/aromatic N) is 3. The van der Waals surface area contributed by atoms with E-state index in [-0.39, 0.29) is 28.1 Å². The van der Waals surface area contributed by atoms with Gasteiger partial charge in [-0.3, -0.25) is 14.4 Å². The lowest BCUT2D eigenvalue weighted by Crippen LogP contribution is -2.60. The molecule has 0 aliphatic carbocycles. The first-order chi connectivity index (χ1) is 20.2. The fourth-order valence-electron chi connectivity index (χ4n) is 4.68. The van der Waals surface area contributed by atoms with Crippen molar-refractivity contribution in [3.63, 3.8) is 0 Å². The van der Waals surface area contributed by atoms with Gasteiger partial charge in [-0.1, -0.05) is 32.4 Å². The van der Waals surface area contributed by atoms with E-state index in [2.05, 4.69) is 31.2 Å². The Labute approximate surface area is 252 Å². The first-order valence-electron chi connectivity index (χ1n) is 13.7. The zero-order chi connectivity index (χ0) is 31.6. The second-order valence-electron chi connectivity index (χ2n) is 11.4. The van der Waals surface area contributed by atoms with Crippen LogP contribution in [0.5, 0.6) is 5.75 Å². The van der Waals surface area contributed by atoms with Gasteiger partial charge in [0.25, 0.3) is 11.8 Å². The van der Waals surface area contributed by atoms with Gasteiger partial charge in [0.05, 0.1) is 29.0 Å². The Bertz CT molecular complexity index is 1560. The van der Waals surface area contributed by atoms with Crippen LogP contribution in [0.15, 0.2) is 30.6 Å². The van der Waals surface area contributed by atoms with Crippen LogP contribution in [0, 0.1) is 17.0 Å². The molecule has 0 bridgehead atoms. The van der Waals surface area contributed by atoms with Crippen LogP contribution in [0.4, 0.5) is 26.0 Å². The number of phenolic OH excluding ortho intramolecular Hbond substituents is 1. The summed E-state index contributed by atoms with van der Waals surface area (Å²) in [5, 5.41) is 22.0. The minimum absolute atomic E-state index is 0.0372. The van der Waals surface area contributed by atoms with Crippen LogP contribution < -0.4 is 26.2 Å². The van der Waals surface area contributed by atoms with Crippen molar-refractivity contribution in [1.82, 2.24) is 25.9 Å². The number of fused-ring (bicyclic) bond motifs is 1. The van der Waals surface area contributed by atoms with E-state index in [1.165, 1.54) is 12.1 Å². The summed E-state index contributed by atoms with van der Waals surface area (Å²) in [5.41, 5.74) is -1.01. The van der Waals surface area contributed by atoms with E-state index in [0.717, 1.165) is 23.4 Å². The van der Waals surface area contributed by atoms with E-state index >= 15 is 0 Å². The minimum atomic E-state index is -1.17. The number of aromatic hydroxyl groups is 1. The molecular formula is C29H34ClF2N7O4. The highest BCUT2D eigenvalue weighted by atomic mass is 35.5. The molecule has 5 N–H and O–H groups in total. The zero-order valence-electron chi connectivity index (χ0n) is 24.4. The van der Waals surface area contributed by atoms with Crippen molar-refractivity contribution in [3.8, 4) is 5.75 Å². The Morgan fingerprint density at radius 1 is 1.19 bits per heavy atom. The molecule has 2 heterocycles. The van der Waals surface area contributed by atoms with Gasteiger partial charge < -0.3 is 26.4 Å². The summed E-state index contributed by atoms with van der Waals surface area (Å²) in [7, 11) is 1.60. The lowest BCUT2D eigenvalue weighted by atomic mass is 9.85. The standard InChI is InChI=1S/C29H34ClF2N7O4/c1-14(33-5)26(41)38-24(29(2,3)4)28(43)39(27(42)18-7-6-10-34-18)20-11-15-19(12-21(20)40)35-13-36-25(15)37-17-9-8-16(31)22(30)23(17)32/h8-9,11-14,18,24,33-34,40H,6-7,10H2,1-5H3,(H,38,41)(H,35,36,37)/t14-,18-,24+/m0/s1. The van der Waals surface area contributed by atoms with E-state index in [4.69, 9.17) is 11.6 Å². The molecule has 0 spiro atoms. The number of halogens is 3. The Morgan fingerprint density at radius 3 is 2.53 bits per heavy atom. The molecule has 0 unspecified atom stereocenters. The van der Waals surface area contributed by atoms with Crippen LogP contribution in [-0.4, -0.2) is 64.5 Å². The van der Waals surface area contributed by atoms with Gasteiger partial charge in [0, 0.05) is 11.5 Å². The number of nitrogens with one attached hydrogen (secondary N) is 4. The highest BCUT2D eigenvalue weighted by Gasteiger charge is 2.42. The summed E-state index contributed by atoms with van der Waals surface area (Å²) in [5.74, 6) is -4.23. The van der Waals surface area contributed by atoms with Gasteiger partial charge in [-0.2, -0.15) is 0 Å². The third-order valence-electron chi connectivity index (χ3n) is 7.29. The number of imide groups is 1. The van der Waals surface area contributed by atoms with Crippen molar-refractivity contribution >= 4 is 57.4 Å². The maximum absolute atomic E-state index is 14.7. The largest absolute Gasteiger partial charge is 0.506 e. The number of likely N-dealkylation sites (N-methyl/N-ethyl adjacent to an activating group) is 1. The molecule has 1 fully saturated rings. The third-order valence-corrected chi connectivity index (χ3v) is 7.63. The van der Waals surface area contributed by atoms with Crippen LogP contribution >= 0.6 is 11.6 Å². The number of hydrogen-bond donors (Lipinski definition) is 5. The number of anilines is 3. The molecule has 1 saturated heterocycles. The number of carbonyl (C=O) groups is 3. The maximum atomic E-state index is 14.7. The molecular weight excluding hydrogens is 584 g/mol. The molecule has 3 aromatic rings. The van der Waals surface area contributed by atoms with Crippen molar-refractivity contribution in [1.29, 1.82) is 0 Å². The lowest BCUT2D eigenvalue weighted by molar-refractivity contribution is -0.134. The van der Waals surface area contributed by atoms with E-state index in [0.29, 0.717) is 19.4 Å². The summed E-state index contributed by atoms with van der Waals surface area (Å²) < 4.78 is 28.5. The van der Waals surface area contributed by atoms with Crippen molar-refractivity contribution in [2.24, 2.45) is 5.41 Å². The number of amides is 3. The first kappa shape index (κ1) is 32.0. The molecule has 43 heavy (non-hydrogen) atoms. The third kappa shape index (κ3) is 6.68. The maximum Gasteiger partial charge on any atom is 0.257 e. The number of phenols is 1. The smallest absolute Gasteiger partial charge is 0.257 e. The molecule has 2 aromatic carbocycles. The predicted octanol–water partition coefficient (Wildman–Crippen LogP) is 3.76. The molecule has 1 aliphatic heterocycles. The van der Waals surface area contributed by atoms with E-state index in [1.807, 2.05) is 0 Å². The summed E-state index contributed by atoms with van der Waals surface area (Å²) >= 11 is 5.74. The van der Waals surface area contributed by atoms with Crippen LogP contribution in [0.25, 0.3) is 10.9 Å². The van der Waals surface area contributed by atoms with Crippen LogP contribution in [0.2, 0.25) is 5.02 Å². The zero-order valence-corrected chi connectivity index (χ0v) is 25.1. The lowest BCUT2D eigenvalue weighted by Gasteiger charge is -2.35. The summed E-state index contributed by atoms with van der Waals surface area (Å²) in [4.78, 5) is 50.3. The number of carbonyl (C=O) groups excluding carboxylic acids is 3. The second-order valence-corrected chi connectivity index (χ2v) is 11.8. The van der Waals surface area contributed by atoms with Crippen molar-refractivity contribution < 1.29 is 28.3 Å². The molecule has 0 saturated carbocycles. The Kier molecular flexibility index (Phi) is 9.47. The van der Waals surface area contributed by atoms with Gasteiger partial charge >= 0.3 is 0 Å². The minimum Gasteiger partial charge on any atom is -0.506 e. The molecule has 4 rings (SSSR count). The normalized spacial score (nSPS) is 16.5. The Morgan fingerprint density at radius 2 is 1.91 bits per heavy atom. The summed E-state index contributed by atoms with van der Waals surface area (Å²) in [6.45, 7) is 7.43. The number of hydrogen-bond acceptors (Lipinski definition) is 9. The Balaban J connectivity index is 1.86. The van der Waals surface area contributed by atoms with Crippen LogP contribution in [0.3, 0.4) is 0 Å². The average molecular weight is 618 g/mol. The van der Waals surface area contributed by atoms with Crippen LogP contribution in [-0.2, 0) is 14.4 Å². The molecule has 11 nitrogen and oxygen atoms in total. The molecule has 3 atom stereocenters. The van der Waals surface area contributed by atoms with E-state index in [1.54, 1.807) is 34.7 Å². The van der Waals surface area contributed by atoms with Gasteiger partial charge in [-0.15, -0.1) is 0 Å². The molecule has 3 amide bonds. The fourth-order valence-corrected chi connectivity index (χ4v) is 4.85. The van der Waals surface area contributed by atoms with E-state index in [9.17, 15) is 28.3 Å². The number of aromatic nitrogens is 2. The van der Waals surface area contributed by atoms with Crippen molar-refractivity contribution in [2.75, 3.05) is 23.8 Å². The molecule has 14 heteroatoms. The Hall–Kier alpha value is -3.94. The van der Waals surface area contributed by atoms with Gasteiger partial charge in [-0.25, -0.2) is 23.6 Å². The number of rotatable bonds is 8. The summed E-state index contributed by atoms with van der Waals surface area (Å²) in [6, 6.07) is 2.19. The first-order valence-corrected chi connectivity index (χ1v) is 14.1. The number of benzene rings is 2. The van der Waals surface area contributed by atoms with Crippen molar-refractivity contribution in [3.05, 3.63) is 47.2 Å². The predicted molar refractivity (Wildman–Crippen MR) is 159 cm³/mol. The molecule has 1 aliphatic rings. The van der Waals surface area contributed by atoms with Crippen LogP contribution in [0.1, 0.15) is 40.5 Å². The SMILES string of the molecule is CN[C@@H](C)C(=O)N[C@H](C(=O)N(C(=O)[C@@H]1CCCN1)c1cc2c(Nc3ccc(F)c(Cl)c3F)ncnc2cc1O)C(C)(C)C. The van der Waals surface area contributed by atoms with Crippen molar-refractivity contribution in [2.45, 2.75) is 58.7 Å². The average Bonchev–Trinajstić information content (AvgIpc) is 3.50. The quantitative estimate of drug-likeness (QED) is 0.238. The van der Waals surface area contributed by atoms with Gasteiger partial charge in [0.1, 0.15) is 34.8 Å². The molecule has 230 valence electrons. The second kappa shape index (κ2) is 12.7. The highest BCUT2D eigenvalue weighted by Crippen LogP contribution is 2.37. The molecule has 1 aromatic heterocycles.